The molecule has 0 bridgehead atoms. The fourth-order valence-corrected chi connectivity index (χ4v) is 4.24. The Balaban J connectivity index is 2.00. The molecule has 0 aliphatic heterocycles. The highest BCUT2D eigenvalue weighted by atomic mass is 79.9. The second kappa shape index (κ2) is 5.12. The molecule has 1 unspecified atom stereocenters. The normalized spacial score (nSPS) is 18.1. The third kappa shape index (κ3) is 2.44. The molecule has 3 heteroatoms. The summed E-state index contributed by atoms with van der Waals surface area (Å²) in [6.07, 6.45) is 2.35. The standard InChI is InChI=1S/C16H13BrCl2/c17-15(13-10-12(18)6-7-14(13)19)16(8-9-16)11-4-2-1-3-5-11/h1-7,10,15H,8-9H2. The van der Waals surface area contributed by atoms with Gasteiger partial charge in [0.25, 0.3) is 0 Å². The Bertz CT molecular complexity index is 591. The summed E-state index contributed by atoms with van der Waals surface area (Å²) in [5.74, 6) is 0. The molecule has 2 aromatic rings. The van der Waals surface area contributed by atoms with Crippen molar-refractivity contribution >= 4 is 39.1 Å². The van der Waals surface area contributed by atoms with Crippen LogP contribution in [0, 0.1) is 0 Å². The Morgan fingerprint density at radius 2 is 1.68 bits per heavy atom. The third-order valence-corrected chi connectivity index (χ3v) is 5.80. The van der Waals surface area contributed by atoms with Crippen LogP contribution < -0.4 is 0 Å². The minimum atomic E-state index is 0.162. The Morgan fingerprint density at radius 3 is 2.32 bits per heavy atom. The molecule has 1 atom stereocenters. The van der Waals surface area contributed by atoms with Crippen LogP contribution >= 0.6 is 39.1 Å². The highest BCUT2D eigenvalue weighted by molar-refractivity contribution is 9.09. The van der Waals surface area contributed by atoms with Crippen LogP contribution in [0.5, 0.6) is 0 Å². The average Bonchev–Trinajstić information content (AvgIpc) is 3.23. The molecule has 0 amide bonds. The van der Waals surface area contributed by atoms with Gasteiger partial charge in [0, 0.05) is 15.5 Å². The predicted octanol–water partition coefficient (Wildman–Crippen LogP) is 6.16. The van der Waals surface area contributed by atoms with Gasteiger partial charge in [-0.05, 0) is 42.2 Å². The van der Waals surface area contributed by atoms with Crippen LogP contribution in [-0.2, 0) is 5.41 Å². The van der Waals surface area contributed by atoms with Crippen molar-refractivity contribution in [1.82, 2.24) is 0 Å². The van der Waals surface area contributed by atoms with Crippen molar-refractivity contribution in [3.63, 3.8) is 0 Å². The summed E-state index contributed by atoms with van der Waals surface area (Å²) in [7, 11) is 0. The molecule has 19 heavy (non-hydrogen) atoms. The molecule has 3 rings (SSSR count). The first-order valence-electron chi connectivity index (χ1n) is 6.28. The van der Waals surface area contributed by atoms with E-state index < -0.39 is 0 Å². The molecule has 1 aliphatic rings. The van der Waals surface area contributed by atoms with Gasteiger partial charge in [0.2, 0.25) is 0 Å². The monoisotopic (exact) mass is 354 g/mol. The molecule has 0 saturated heterocycles. The number of rotatable bonds is 3. The van der Waals surface area contributed by atoms with Gasteiger partial charge in [-0.2, -0.15) is 0 Å². The van der Waals surface area contributed by atoms with Gasteiger partial charge < -0.3 is 0 Å². The molecular weight excluding hydrogens is 343 g/mol. The molecule has 0 radical (unpaired) electrons. The van der Waals surface area contributed by atoms with Gasteiger partial charge in [-0.1, -0.05) is 69.5 Å². The van der Waals surface area contributed by atoms with E-state index in [2.05, 4.69) is 46.3 Å². The van der Waals surface area contributed by atoms with Gasteiger partial charge >= 0.3 is 0 Å². The number of hydrogen-bond acceptors (Lipinski definition) is 0. The summed E-state index contributed by atoms with van der Waals surface area (Å²) >= 11 is 16.3. The Labute approximate surface area is 131 Å². The molecule has 0 aromatic heterocycles. The maximum Gasteiger partial charge on any atom is 0.0507 e. The van der Waals surface area contributed by atoms with Crippen LogP contribution in [0.2, 0.25) is 10.0 Å². The van der Waals surface area contributed by atoms with Crippen molar-refractivity contribution in [2.75, 3.05) is 0 Å². The van der Waals surface area contributed by atoms with Gasteiger partial charge in [-0.15, -0.1) is 0 Å². The molecule has 2 aromatic carbocycles. The fraction of sp³-hybridized carbons (Fsp3) is 0.250. The lowest BCUT2D eigenvalue weighted by molar-refractivity contribution is 0.681. The number of hydrogen-bond donors (Lipinski definition) is 0. The van der Waals surface area contributed by atoms with Gasteiger partial charge in [-0.25, -0.2) is 0 Å². The van der Waals surface area contributed by atoms with Crippen LogP contribution in [0.25, 0.3) is 0 Å². The molecule has 0 heterocycles. The largest absolute Gasteiger partial charge is 0.0843 e. The first-order valence-corrected chi connectivity index (χ1v) is 7.95. The van der Waals surface area contributed by atoms with E-state index in [1.54, 1.807) is 0 Å². The van der Waals surface area contributed by atoms with Crippen molar-refractivity contribution in [3.05, 3.63) is 69.7 Å². The summed E-state index contributed by atoms with van der Waals surface area (Å²) in [5, 5.41) is 1.50. The molecule has 1 saturated carbocycles. The van der Waals surface area contributed by atoms with Gasteiger partial charge in [0.05, 0.1) is 4.83 Å². The minimum Gasteiger partial charge on any atom is -0.0843 e. The highest BCUT2D eigenvalue weighted by Gasteiger charge is 2.50. The van der Waals surface area contributed by atoms with Crippen molar-refractivity contribution in [1.29, 1.82) is 0 Å². The summed E-state index contributed by atoms with van der Waals surface area (Å²) in [4.78, 5) is 0.202. The quantitative estimate of drug-likeness (QED) is 0.578. The SMILES string of the molecule is Clc1ccc(Cl)c(C(Br)C2(c3ccccc3)CC2)c1. The second-order valence-corrected chi connectivity index (χ2v) is 6.81. The lowest BCUT2D eigenvalue weighted by Crippen LogP contribution is -2.14. The van der Waals surface area contributed by atoms with Crippen LogP contribution in [0.4, 0.5) is 0 Å². The van der Waals surface area contributed by atoms with E-state index >= 15 is 0 Å². The van der Waals surface area contributed by atoms with Crippen molar-refractivity contribution < 1.29 is 0 Å². The lowest BCUT2D eigenvalue weighted by Gasteiger charge is -2.24. The summed E-state index contributed by atoms with van der Waals surface area (Å²) < 4.78 is 0. The maximum atomic E-state index is 6.32. The van der Waals surface area contributed by atoms with E-state index in [9.17, 15) is 0 Å². The predicted molar refractivity (Wildman–Crippen MR) is 85.5 cm³/mol. The van der Waals surface area contributed by atoms with E-state index in [-0.39, 0.29) is 10.2 Å². The second-order valence-electron chi connectivity index (χ2n) is 5.05. The van der Waals surface area contributed by atoms with E-state index in [0.717, 1.165) is 15.6 Å². The van der Waals surface area contributed by atoms with Crippen LogP contribution in [0.3, 0.4) is 0 Å². The van der Waals surface area contributed by atoms with Crippen LogP contribution in [0.15, 0.2) is 48.5 Å². The first-order chi connectivity index (χ1) is 9.13. The van der Waals surface area contributed by atoms with Crippen molar-refractivity contribution in [3.8, 4) is 0 Å². The van der Waals surface area contributed by atoms with Crippen LogP contribution in [0.1, 0.15) is 28.8 Å². The van der Waals surface area contributed by atoms with Crippen LogP contribution in [-0.4, -0.2) is 0 Å². The Morgan fingerprint density at radius 1 is 1.00 bits per heavy atom. The minimum absolute atomic E-state index is 0.162. The first kappa shape index (κ1) is 13.5. The number of benzene rings is 2. The average molecular weight is 356 g/mol. The maximum absolute atomic E-state index is 6.32. The van der Waals surface area contributed by atoms with Gasteiger partial charge in [0.1, 0.15) is 0 Å². The molecule has 98 valence electrons. The number of halogens is 3. The molecule has 0 N–H and O–H groups in total. The van der Waals surface area contributed by atoms with E-state index in [4.69, 9.17) is 23.2 Å². The van der Waals surface area contributed by atoms with Gasteiger partial charge in [0.15, 0.2) is 0 Å². The van der Waals surface area contributed by atoms with E-state index in [1.807, 2.05) is 18.2 Å². The third-order valence-electron chi connectivity index (χ3n) is 3.85. The van der Waals surface area contributed by atoms with Crippen molar-refractivity contribution in [2.24, 2.45) is 0 Å². The zero-order chi connectivity index (χ0) is 13.5. The summed E-state index contributed by atoms with van der Waals surface area (Å²) in [6, 6.07) is 16.3. The Hall–Kier alpha value is -0.500. The fourth-order valence-electron chi connectivity index (χ4n) is 2.60. The highest BCUT2D eigenvalue weighted by Crippen LogP contribution is 2.60. The van der Waals surface area contributed by atoms with E-state index in [0.29, 0.717) is 0 Å². The lowest BCUT2D eigenvalue weighted by atomic mass is 9.89. The topological polar surface area (TPSA) is 0 Å². The Kier molecular flexibility index (Phi) is 3.63. The summed E-state index contributed by atoms with van der Waals surface area (Å²) in [6.45, 7) is 0. The van der Waals surface area contributed by atoms with E-state index in [1.165, 1.54) is 18.4 Å². The number of alkyl halides is 1. The molecule has 1 fully saturated rings. The zero-order valence-electron chi connectivity index (χ0n) is 10.2. The molecule has 0 nitrogen and oxygen atoms in total. The zero-order valence-corrected chi connectivity index (χ0v) is 13.3. The smallest absolute Gasteiger partial charge is 0.0507 e. The molecule has 0 spiro atoms. The van der Waals surface area contributed by atoms with Crippen molar-refractivity contribution in [2.45, 2.75) is 23.1 Å². The molecule has 1 aliphatic carbocycles. The molecular formula is C16H13BrCl2. The summed E-state index contributed by atoms with van der Waals surface area (Å²) in [5.41, 5.74) is 2.61. The van der Waals surface area contributed by atoms with Gasteiger partial charge in [-0.3, -0.25) is 0 Å².